The van der Waals surface area contributed by atoms with Crippen LogP contribution in [-0.2, 0) is 5.41 Å². The number of phenols is 2. The molecule has 0 aromatic heterocycles. The summed E-state index contributed by atoms with van der Waals surface area (Å²) in [4.78, 5) is 0. The van der Waals surface area contributed by atoms with E-state index in [1.54, 1.807) is 0 Å². The molecule has 1 aromatic carbocycles. The summed E-state index contributed by atoms with van der Waals surface area (Å²) in [6.45, 7) is 13.5. The predicted molar refractivity (Wildman–Crippen MR) is 116 cm³/mol. The van der Waals surface area contributed by atoms with E-state index >= 15 is 0 Å². The Balaban J connectivity index is 2.27. The van der Waals surface area contributed by atoms with Crippen molar-refractivity contribution in [3.63, 3.8) is 0 Å². The number of benzene rings is 1. The Kier molecular flexibility index (Phi) is 7.65. The van der Waals surface area contributed by atoms with Crippen molar-refractivity contribution >= 4 is 0 Å². The van der Waals surface area contributed by atoms with Gasteiger partial charge in [-0.25, -0.2) is 0 Å². The molecule has 2 N–H and O–H groups in total. The molecule has 1 aliphatic rings. The van der Waals surface area contributed by atoms with Crippen molar-refractivity contribution in [1.82, 2.24) is 0 Å². The zero-order valence-electron chi connectivity index (χ0n) is 18.5. The van der Waals surface area contributed by atoms with Crippen LogP contribution in [0.25, 0.3) is 0 Å². The summed E-state index contributed by atoms with van der Waals surface area (Å²) in [5.41, 5.74) is 1.83. The highest BCUT2D eigenvalue weighted by atomic mass is 16.3. The van der Waals surface area contributed by atoms with Crippen molar-refractivity contribution in [1.29, 1.82) is 0 Å². The lowest BCUT2D eigenvalue weighted by molar-refractivity contribution is 0.191. The van der Waals surface area contributed by atoms with Gasteiger partial charge in [0.1, 0.15) is 11.5 Å². The van der Waals surface area contributed by atoms with E-state index in [9.17, 15) is 10.2 Å². The van der Waals surface area contributed by atoms with Crippen molar-refractivity contribution in [2.24, 2.45) is 17.8 Å². The Morgan fingerprint density at radius 1 is 1.04 bits per heavy atom. The lowest BCUT2D eigenvalue weighted by Gasteiger charge is -2.38. The molecule has 3 atom stereocenters. The van der Waals surface area contributed by atoms with Gasteiger partial charge in [0.25, 0.3) is 0 Å². The van der Waals surface area contributed by atoms with E-state index in [0.29, 0.717) is 29.3 Å². The van der Waals surface area contributed by atoms with Crippen molar-refractivity contribution in [3.05, 3.63) is 23.3 Å². The van der Waals surface area contributed by atoms with Crippen LogP contribution in [-0.4, -0.2) is 10.2 Å². The van der Waals surface area contributed by atoms with Crippen LogP contribution in [0.2, 0.25) is 0 Å². The molecule has 154 valence electrons. The van der Waals surface area contributed by atoms with Crippen molar-refractivity contribution < 1.29 is 10.2 Å². The second kappa shape index (κ2) is 9.34. The fraction of sp³-hybridized carbons (Fsp3) is 0.760. The van der Waals surface area contributed by atoms with Crippen molar-refractivity contribution in [3.8, 4) is 11.5 Å². The van der Waals surface area contributed by atoms with Gasteiger partial charge in [-0.2, -0.15) is 0 Å². The number of hydrogen-bond donors (Lipinski definition) is 2. The van der Waals surface area contributed by atoms with E-state index in [0.717, 1.165) is 24.0 Å². The molecule has 2 rings (SSSR count). The molecule has 0 saturated heterocycles. The highest BCUT2D eigenvalue weighted by Gasteiger charge is 2.35. The number of phenolic OH excluding ortho intramolecular Hbond substituents is 2. The molecule has 2 nitrogen and oxygen atoms in total. The minimum Gasteiger partial charge on any atom is -0.508 e. The van der Waals surface area contributed by atoms with Crippen LogP contribution in [0.15, 0.2) is 12.1 Å². The fourth-order valence-corrected chi connectivity index (χ4v) is 5.07. The summed E-state index contributed by atoms with van der Waals surface area (Å²) < 4.78 is 0. The molecular formula is C25H42O2. The quantitative estimate of drug-likeness (QED) is 0.462. The van der Waals surface area contributed by atoms with Gasteiger partial charge in [0, 0.05) is 5.56 Å². The van der Waals surface area contributed by atoms with Crippen LogP contribution in [0.1, 0.15) is 110 Å². The van der Waals surface area contributed by atoms with Crippen LogP contribution < -0.4 is 0 Å². The zero-order valence-corrected chi connectivity index (χ0v) is 18.5. The van der Waals surface area contributed by atoms with E-state index < -0.39 is 0 Å². The monoisotopic (exact) mass is 374 g/mol. The molecule has 1 aliphatic carbocycles. The third kappa shape index (κ3) is 5.42. The second-order valence-corrected chi connectivity index (χ2v) is 10.1. The van der Waals surface area contributed by atoms with Gasteiger partial charge in [-0.05, 0) is 66.0 Å². The van der Waals surface area contributed by atoms with Crippen LogP contribution in [0.5, 0.6) is 11.5 Å². The van der Waals surface area contributed by atoms with Crippen molar-refractivity contribution in [2.45, 2.75) is 104 Å². The Bertz CT molecular complexity index is 579. The van der Waals surface area contributed by atoms with Gasteiger partial charge >= 0.3 is 0 Å². The van der Waals surface area contributed by atoms with Gasteiger partial charge in [-0.3, -0.25) is 0 Å². The second-order valence-electron chi connectivity index (χ2n) is 10.1. The summed E-state index contributed by atoms with van der Waals surface area (Å²) in [6, 6.07) is 3.87. The largest absolute Gasteiger partial charge is 0.508 e. The summed E-state index contributed by atoms with van der Waals surface area (Å²) in [5, 5.41) is 21.8. The molecule has 1 unspecified atom stereocenters. The first kappa shape index (κ1) is 22.1. The molecular weight excluding hydrogens is 332 g/mol. The number of unbranched alkanes of at least 4 members (excludes halogenated alkanes) is 3. The van der Waals surface area contributed by atoms with Gasteiger partial charge in [-0.1, -0.05) is 73.6 Å². The molecule has 0 spiro atoms. The summed E-state index contributed by atoms with van der Waals surface area (Å²) in [5.74, 6) is 2.61. The lowest BCUT2D eigenvalue weighted by atomic mass is 9.67. The molecule has 2 heteroatoms. The Labute approximate surface area is 167 Å². The zero-order chi connectivity index (χ0) is 20.2. The van der Waals surface area contributed by atoms with E-state index in [4.69, 9.17) is 0 Å². The van der Waals surface area contributed by atoms with Crippen LogP contribution in [0, 0.1) is 17.8 Å². The van der Waals surface area contributed by atoms with E-state index in [-0.39, 0.29) is 11.3 Å². The highest BCUT2D eigenvalue weighted by molar-refractivity contribution is 5.51. The number of rotatable bonds is 8. The highest BCUT2D eigenvalue weighted by Crippen LogP contribution is 2.50. The summed E-state index contributed by atoms with van der Waals surface area (Å²) >= 11 is 0. The van der Waals surface area contributed by atoms with Gasteiger partial charge < -0.3 is 10.2 Å². The van der Waals surface area contributed by atoms with Gasteiger partial charge in [0.05, 0.1) is 0 Å². The molecule has 1 aromatic rings. The maximum atomic E-state index is 10.9. The van der Waals surface area contributed by atoms with Crippen LogP contribution >= 0.6 is 0 Å². The maximum Gasteiger partial charge on any atom is 0.123 e. The molecule has 27 heavy (non-hydrogen) atoms. The Morgan fingerprint density at radius 2 is 1.67 bits per heavy atom. The van der Waals surface area contributed by atoms with Crippen LogP contribution in [0.4, 0.5) is 0 Å². The first-order valence-corrected chi connectivity index (χ1v) is 11.2. The fourth-order valence-electron chi connectivity index (χ4n) is 5.07. The van der Waals surface area contributed by atoms with E-state index in [1.807, 2.05) is 12.1 Å². The van der Waals surface area contributed by atoms with E-state index in [2.05, 4.69) is 41.5 Å². The Morgan fingerprint density at radius 3 is 2.22 bits per heavy atom. The lowest BCUT2D eigenvalue weighted by Crippen LogP contribution is -2.26. The molecule has 1 saturated carbocycles. The maximum absolute atomic E-state index is 10.9. The minimum absolute atomic E-state index is 0.0292. The molecule has 0 radical (unpaired) electrons. The van der Waals surface area contributed by atoms with Crippen LogP contribution in [0.3, 0.4) is 0 Å². The summed E-state index contributed by atoms with van der Waals surface area (Å²) in [6.07, 6.45) is 9.56. The molecule has 0 bridgehead atoms. The third-order valence-corrected chi connectivity index (χ3v) is 6.97. The van der Waals surface area contributed by atoms with E-state index in [1.165, 1.54) is 38.5 Å². The standard InChI is InChI=1S/C25H42O2/c1-7-8-9-10-13-25(5,6)19-15-22(26)24(23(27)16-19)21-14-18(4)11-12-20(21)17(2)3/h15-18,20-21,26-27H,7-14H2,1-6H3/t18?,20-,21+/m0/s1. The SMILES string of the molecule is CCCCCCC(C)(C)c1cc(O)c([C@@H]2CC(C)CC[C@H]2C(C)C)c(O)c1. The molecule has 0 aliphatic heterocycles. The number of aromatic hydroxyl groups is 2. The average molecular weight is 375 g/mol. The topological polar surface area (TPSA) is 40.5 Å². The third-order valence-electron chi connectivity index (χ3n) is 6.97. The number of hydrogen-bond acceptors (Lipinski definition) is 2. The molecule has 1 fully saturated rings. The van der Waals surface area contributed by atoms with Gasteiger partial charge in [0.2, 0.25) is 0 Å². The predicted octanol–water partition coefficient (Wildman–Crippen LogP) is 7.52. The normalized spacial score (nSPS) is 23.7. The average Bonchev–Trinajstić information content (AvgIpc) is 2.58. The Hall–Kier alpha value is -1.18. The summed E-state index contributed by atoms with van der Waals surface area (Å²) in [7, 11) is 0. The van der Waals surface area contributed by atoms with Gasteiger partial charge in [0.15, 0.2) is 0 Å². The molecule has 0 heterocycles. The minimum atomic E-state index is -0.0292. The first-order valence-electron chi connectivity index (χ1n) is 11.2. The smallest absolute Gasteiger partial charge is 0.123 e. The molecule has 0 amide bonds. The van der Waals surface area contributed by atoms with Crippen molar-refractivity contribution in [2.75, 3.05) is 0 Å². The first-order chi connectivity index (χ1) is 12.7. The van der Waals surface area contributed by atoms with Gasteiger partial charge in [-0.15, -0.1) is 0 Å².